The molecule has 0 N–H and O–H groups in total. The van der Waals surface area contributed by atoms with Crippen molar-refractivity contribution in [2.24, 2.45) is 0 Å². The van der Waals surface area contributed by atoms with Gasteiger partial charge in [-0.15, -0.1) is 0 Å². The molecule has 1 aromatic rings. The molecule has 0 aromatic carbocycles. The van der Waals surface area contributed by atoms with Crippen LogP contribution in [0.25, 0.3) is 0 Å². The van der Waals surface area contributed by atoms with Crippen LogP contribution in [0.4, 0.5) is 0 Å². The Bertz CT molecular complexity index is 831. The Kier molecular flexibility index (Phi) is 6.97. The first-order valence-corrected chi connectivity index (χ1v) is 11.5. The van der Waals surface area contributed by atoms with Crippen molar-refractivity contribution in [2.45, 2.75) is 43.7 Å². The fourth-order valence-corrected chi connectivity index (χ4v) is 5.39. The van der Waals surface area contributed by atoms with Crippen molar-refractivity contribution in [1.29, 1.82) is 0 Å². The van der Waals surface area contributed by atoms with Crippen LogP contribution < -0.4 is 0 Å². The molecule has 1 aromatic heterocycles. The number of ether oxygens (including phenoxy) is 1. The van der Waals surface area contributed by atoms with E-state index in [0.29, 0.717) is 19.4 Å². The molecule has 10 heteroatoms. The Balaban J connectivity index is 1.68. The Morgan fingerprint density at radius 1 is 1.21 bits per heavy atom. The van der Waals surface area contributed by atoms with Crippen LogP contribution in [0.2, 0.25) is 0 Å². The first-order chi connectivity index (χ1) is 13.8. The van der Waals surface area contributed by atoms with Gasteiger partial charge in [-0.2, -0.15) is 4.31 Å². The van der Waals surface area contributed by atoms with Gasteiger partial charge in [-0.25, -0.2) is 13.2 Å². The number of amides is 1. The van der Waals surface area contributed by atoms with Crippen LogP contribution in [0.5, 0.6) is 0 Å². The standard InChI is InChI=1S/C19H29N3O6S/c1-3-27-19(24)16-8-9-17(28-16)29(25,26)22-12-6-7-15(22)18(23)20(2)13-14-21-10-4-5-11-21/h8-9,15H,3-7,10-14H2,1-2H3. The van der Waals surface area contributed by atoms with E-state index < -0.39 is 22.0 Å². The number of rotatable bonds is 8. The van der Waals surface area contributed by atoms with Gasteiger partial charge in [-0.05, 0) is 57.8 Å². The van der Waals surface area contributed by atoms with Crippen LogP contribution in [0, 0.1) is 0 Å². The van der Waals surface area contributed by atoms with Crippen LogP contribution >= 0.6 is 0 Å². The SMILES string of the molecule is CCOC(=O)c1ccc(S(=O)(=O)N2CCCC2C(=O)N(C)CCN2CCCC2)o1. The van der Waals surface area contributed by atoms with E-state index in [2.05, 4.69) is 4.90 Å². The van der Waals surface area contributed by atoms with Gasteiger partial charge in [0.15, 0.2) is 0 Å². The van der Waals surface area contributed by atoms with E-state index in [1.165, 1.54) is 29.3 Å². The van der Waals surface area contributed by atoms with E-state index in [0.717, 1.165) is 19.6 Å². The van der Waals surface area contributed by atoms with E-state index in [9.17, 15) is 18.0 Å². The molecule has 2 aliphatic rings. The molecule has 0 aliphatic carbocycles. The Labute approximate surface area is 171 Å². The first-order valence-electron chi connectivity index (χ1n) is 10.1. The van der Waals surface area contributed by atoms with E-state index in [-0.39, 0.29) is 29.9 Å². The first kappa shape index (κ1) is 21.8. The number of carbonyl (C=O) groups excluding carboxylic acids is 2. The lowest BCUT2D eigenvalue weighted by Crippen LogP contribution is -2.47. The van der Waals surface area contributed by atoms with Gasteiger partial charge >= 0.3 is 5.97 Å². The molecule has 1 unspecified atom stereocenters. The molecule has 1 amide bonds. The van der Waals surface area contributed by atoms with Crippen LogP contribution in [0.15, 0.2) is 21.6 Å². The maximum Gasteiger partial charge on any atom is 0.374 e. The molecular weight excluding hydrogens is 398 g/mol. The van der Waals surface area contributed by atoms with Crippen molar-refractivity contribution < 1.29 is 27.2 Å². The second-order valence-electron chi connectivity index (χ2n) is 7.42. The van der Waals surface area contributed by atoms with Crippen molar-refractivity contribution in [2.75, 3.05) is 46.4 Å². The summed E-state index contributed by atoms with van der Waals surface area (Å²) in [5, 5.41) is -0.347. The highest BCUT2D eigenvalue weighted by Gasteiger charge is 2.42. The molecule has 3 heterocycles. The summed E-state index contributed by atoms with van der Waals surface area (Å²) in [6.45, 7) is 5.52. The van der Waals surface area contributed by atoms with Gasteiger partial charge in [0.05, 0.1) is 6.61 Å². The van der Waals surface area contributed by atoms with E-state index >= 15 is 0 Å². The Morgan fingerprint density at radius 3 is 2.62 bits per heavy atom. The summed E-state index contributed by atoms with van der Waals surface area (Å²) in [5.41, 5.74) is 0. The highest BCUT2D eigenvalue weighted by molar-refractivity contribution is 7.89. The molecule has 1 atom stereocenters. The number of carbonyl (C=O) groups is 2. The summed E-state index contributed by atoms with van der Waals surface area (Å²) >= 11 is 0. The average Bonchev–Trinajstić information content (AvgIpc) is 3.46. The number of esters is 1. The fourth-order valence-electron chi connectivity index (χ4n) is 3.82. The minimum atomic E-state index is -4.02. The van der Waals surface area contributed by atoms with Gasteiger partial charge in [0.2, 0.25) is 16.8 Å². The topological polar surface area (TPSA) is 100 Å². The van der Waals surface area contributed by atoms with Gasteiger partial charge in [0.25, 0.3) is 10.0 Å². The second kappa shape index (κ2) is 9.27. The largest absolute Gasteiger partial charge is 0.460 e. The molecule has 2 aliphatic heterocycles. The number of hydrogen-bond donors (Lipinski definition) is 0. The lowest BCUT2D eigenvalue weighted by Gasteiger charge is -2.28. The molecule has 0 radical (unpaired) electrons. The number of nitrogens with zero attached hydrogens (tertiary/aromatic N) is 3. The van der Waals surface area contributed by atoms with Crippen molar-refractivity contribution >= 4 is 21.9 Å². The van der Waals surface area contributed by atoms with Crippen molar-refractivity contribution in [3.05, 3.63) is 17.9 Å². The number of hydrogen-bond acceptors (Lipinski definition) is 7. The fraction of sp³-hybridized carbons (Fsp3) is 0.684. The Hall–Kier alpha value is -1.91. The molecular formula is C19H29N3O6S. The highest BCUT2D eigenvalue weighted by Crippen LogP contribution is 2.28. The molecule has 2 fully saturated rings. The van der Waals surface area contributed by atoms with Gasteiger partial charge in [-0.1, -0.05) is 0 Å². The minimum absolute atomic E-state index is 0.161. The van der Waals surface area contributed by atoms with Gasteiger partial charge in [-0.3, -0.25) is 4.79 Å². The number of likely N-dealkylation sites (tertiary alicyclic amines) is 1. The van der Waals surface area contributed by atoms with Crippen LogP contribution in [0.1, 0.15) is 43.2 Å². The smallest absolute Gasteiger partial charge is 0.374 e. The lowest BCUT2D eigenvalue weighted by molar-refractivity contribution is -0.133. The van der Waals surface area contributed by atoms with Gasteiger partial charge in [0.1, 0.15) is 6.04 Å². The molecule has 162 valence electrons. The van der Waals surface area contributed by atoms with E-state index in [4.69, 9.17) is 9.15 Å². The third kappa shape index (κ3) is 4.81. The zero-order valence-electron chi connectivity index (χ0n) is 17.0. The van der Waals surface area contributed by atoms with Gasteiger partial charge in [0, 0.05) is 26.7 Å². The third-order valence-corrected chi connectivity index (χ3v) is 7.22. The minimum Gasteiger partial charge on any atom is -0.460 e. The molecule has 0 spiro atoms. The van der Waals surface area contributed by atoms with Crippen molar-refractivity contribution in [1.82, 2.24) is 14.1 Å². The highest BCUT2D eigenvalue weighted by atomic mass is 32.2. The van der Waals surface area contributed by atoms with Crippen LogP contribution in [0.3, 0.4) is 0 Å². The predicted molar refractivity (Wildman–Crippen MR) is 105 cm³/mol. The van der Waals surface area contributed by atoms with Crippen molar-refractivity contribution in [3.8, 4) is 0 Å². The molecule has 3 rings (SSSR count). The normalized spacial score (nSPS) is 20.8. The zero-order chi connectivity index (χ0) is 21.0. The predicted octanol–water partition coefficient (Wildman–Crippen LogP) is 1.16. The number of furan rings is 1. The van der Waals surface area contributed by atoms with E-state index in [1.54, 1.807) is 18.9 Å². The van der Waals surface area contributed by atoms with Crippen LogP contribution in [-0.4, -0.2) is 86.8 Å². The van der Waals surface area contributed by atoms with Crippen LogP contribution in [-0.2, 0) is 19.6 Å². The zero-order valence-corrected chi connectivity index (χ0v) is 17.8. The summed E-state index contributed by atoms with van der Waals surface area (Å²) in [6, 6.07) is 1.76. The van der Waals surface area contributed by atoms with Gasteiger partial charge < -0.3 is 19.0 Å². The molecule has 0 saturated carbocycles. The molecule has 0 bridgehead atoms. The summed E-state index contributed by atoms with van der Waals surface area (Å²) in [7, 11) is -2.31. The third-order valence-electron chi connectivity index (χ3n) is 5.44. The summed E-state index contributed by atoms with van der Waals surface area (Å²) in [5.74, 6) is -1.10. The monoisotopic (exact) mass is 427 g/mol. The molecule has 9 nitrogen and oxygen atoms in total. The summed E-state index contributed by atoms with van der Waals surface area (Å²) in [4.78, 5) is 28.6. The maximum absolute atomic E-state index is 13.0. The molecule has 2 saturated heterocycles. The lowest BCUT2D eigenvalue weighted by atomic mass is 10.2. The summed E-state index contributed by atoms with van der Waals surface area (Å²) in [6.07, 6.45) is 3.44. The summed E-state index contributed by atoms with van der Waals surface area (Å²) < 4.78 is 37.3. The maximum atomic E-state index is 13.0. The van der Waals surface area contributed by atoms with E-state index in [1.807, 2.05) is 0 Å². The Morgan fingerprint density at radius 2 is 1.93 bits per heavy atom. The average molecular weight is 428 g/mol. The quantitative estimate of drug-likeness (QED) is 0.574. The number of sulfonamides is 1. The second-order valence-corrected chi connectivity index (χ2v) is 9.24. The molecule has 29 heavy (non-hydrogen) atoms. The number of likely N-dealkylation sites (N-methyl/N-ethyl adjacent to an activating group) is 1. The van der Waals surface area contributed by atoms with Crippen molar-refractivity contribution in [3.63, 3.8) is 0 Å².